The molecule has 0 amide bonds. The Kier molecular flexibility index (Phi) is 7.11. The van der Waals surface area contributed by atoms with Crippen LogP contribution in [0.25, 0.3) is 0 Å². The van der Waals surface area contributed by atoms with Crippen LogP contribution < -0.4 is 10.0 Å². The standard InChI is InChI=1S/C21H27FN4O5S/c1-4-15(12-31-3)25-18-10-20(14(2)9-19(18)26(27)28)32(29,30)24-13-21(6-7-21)16-5-8-23-11-17(16)22/h5,8-11,15,24-25H,4,6-7,12-13H2,1-3H3/t15-/m0/s1. The number of halogens is 1. The first kappa shape index (κ1) is 24.0. The predicted molar refractivity (Wildman–Crippen MR) is 118 cm³/mol. The summed E-state index contributed by atoms with van der Waals surface area (Å²) in [6.07, 6.45) is 4.52. The molecule has 174 valence electrons. The molecule has 0 radical (unpaired) electrons. The van der Waals surface area contributed by atoms with Gasteiger partial charge < -0.3 is 10.1 Å². The fourth-order valence-corrected chi connectivity index (χ4v) is 5.10. The van der Waals surface area contributed by atoms with Gasteiger partial charge in [-0.3, -0.25) is 15.1 Å². The molecule has 1 fully saturated rings. The van der Waals surface area contributed by atoms with Crippen LogP contribution in [0.2, 0.25) is 0 Å². The number of benzene rings is 1. The van der Waals surface area contributed by atoms with Crippen LogP contribution in [0.15, 0.2) is 35.5 Å². The fourth-order valence-electron chi connectivity index (χ4n) is 3.72. The van der Waals surface area contributed by atoms with Crippen molar-refractivity contribution in [3.05, 3.63) is 57.7 Å². The zero-order chi connectivity index (χ0) is 23.5. The van der Waals surface area contributed by atoms with Crippen molar-refractivity contribution < 1.29 is 22.5 Å². The lowest BCUT2D eigenvalue weighted by Crippen LogP contribution is -2.33. The van der Waals surface area contributed by atoms with Crippen LogP contribution in [0.5, 0.6) is 0 Å². The fraction of sp³-hybridized carbons (Fsp3) is 0.476. The maximum atomic E-state index is 14.2. The average Bonchev–Trinajstić information content (AvgIpc) is 3.54. The van der Waals surface area contributed by atoms with Gasteiger partial charge in [0.05, 0.1) is 22.6 Å². The number of anilines is 1. The number of nitro benzene ring substituents is 1. The highest BCUT2D eigenvalue weighted by molar-refractivity contribution is 7.89. The predicted octanol–water partition coefficient (Wildman–Crippen LogP) is 3.28. The van der Waals surface area contributed by atoms with Crippen LogP contribution in [-0.4, -0.2) is 44.6 Å². The van der Waals surface area contributed by atoms with E-state index in [0.717, 1.165) is 6.20 Å². The summed E-state index contributed by atoms with van der Waals surface area (Å²) < 4.78 is 48.1. The molecular weight excluding hydrogens is 439 g/mol. The van der Waals surface area contributed by atoms with E-state index in [1.807, 2.05) is 6.92 Å². The normalized spacial score (nSPS) is 15.9. The summed E-state index contributed by atoms with van der Waals surface area (Å²) in [6.45, 7) is 3.73. The molecule has 32 heavy (non-hydrogen) atoms. The third-order valence-corrected chi connectivity index (χ3v) is 7.34. The zero-order valence-electron chi connectivity index (χ0n) is 18.2. The summed E-state index contributed by atoms with van der Waals surface area (Å²) in [7, 11) is -2.49. The van der Waals surface area contributed by atoms with Crippen LogP contribution in [0.3, 0.4) is 0 Å². The van der Waals surface area contributed by atoms with E-state index >= 15 is 0 Å². The number of nitrogens with one attached hydrogen (secondary N) is 2. The minimum Gasteiger partial charge on any atom is -0.383 e. The molecule has 1 atom stereocenters. The van der Waals surface area contributed by atoms with Gasteiger partial charge in [0.15, 0.2) is 0 Å². The third-order valence-electron chi connectivity index (χ3n) is 5.80. The largest absolute Gasteiger partial charge is 0.383 e. The molecule has 0 aliphatic heterocycles. The number of aryl methyl sites for hydroxylation is 1. The highest BCUT2D eigenvalue weighted by Crippen LogP contribution is 2.48. The van der Waals surface area contributed by atoms with Crippen molar-refractivity contribution in [3.63, 3.8) is 0 Å². The third kappa shape index (κ3) is 5.05. The molecule has 2 N–H and O–H groups in total. The molecule has 1 aromatic heterocycles. The van der Waals surface area contributed by atoms with Gasteiger partial charge in [-0.15, -0.1) is 0 Å². The van der Waals surface area contributed by atoms with Crippen LogP contribution in [0.1, 0.15) is 37.3 Å². The second-order valence-corrected chi connectivity index (χ2v) is 9.79. The second kappa shape index (κ2) is 9.47. The first-order valence-electron chi connectivity index (χ1n) is 10.3. The molecule has 2 aromatic rings. The second-order valence-electron chi connectivity index (χ2n) is 8.06. The minimum absolute atomic E-state index is 0.0245. The molecule has 0 saturated heterocycles. The average molecular weight is 467 g/mol. The van der Waals surface area contributed by atoms with Crippen molar-refractivity contribution in [2.24, 2.45) is 0 Å². The molecule has 0 bridgehead atoms. The smallest absolute Gasteiger partial charge is 0.292 e. The lowest BCUT2D eigenvalue weighted by Gasteiger charge is -2.20. The van der Waals surface area contributed by atoms with Gasteiger partial charge in [0.2, 0.25) is 10.0 Å². The lowest BCUT2D eigenvalue weighted by molar-refractivity contribution is -0.384. The van der Waals surface area contributed by atoms with E-state index in [1.165, 1.54) is 32.4 Å². The summed E-state index contributed by atoms with van der Waals surface area (Å²) >= 11 is 0. The van der Waals surface area contributed by atoms with E-state index < -0.39 is 26.2 Å². The molecule has 11 heteroatoms. The van der Waals surface area contributed by atoms with E-state index in [4.69, 9.17) is 4.74 Å². The van der Waals surface area contributed by atoms with Gasteiger partial charge in [-0.1, -0.05) is 6.92 Å². The van der Waals surface area contributed by atoms with Crippen LogP contribution in [-0.2, 0) is 20.2 Å². The van der Waals surface area contributed by atoms with Crippen LogP contribution in [0, 0.1) is 22.9 Å². The zero-order valence-corrected chi connectivity index (χ0v) is 19.0. The van der Waals surface area contributed by atoms with Gasteiger partial charge in [0.25, 0.3) is 5.69 Å². The molecule has 1 aromatic carbocycles. The monoisotopic (exact) mass is 466 g/mol. The summed E-state index contributed by atoms with van der Waals surface area (Å²) in [5.74, 6) is -0.467. The molecule has 0 unspecified atom stereocenters. The van der Waals surface area contributed by atoms with Crippen LogP contribution >= 0.6 is 0 Å². The number of methoxy groups -OCH3 is 1. The van der Waals surface area contributed by atoms with E-state index in [1.54, 1.807) is 6.07 Å². The van der Waals surface area contributed by atoms with E-state index in [0.29, 0.717) is 31.4 Å². The molecule has 1 aliphatic carbocycles. The maximum absolute atomic E-state index is 14.2. The van der Waals surface area contributed by atoms with Crippen molar-refractivity contribution in [2.75, 3.05) is 25.6 Å². The molecular formula is C21H27FN4O5S. The van der Waals surface area contributed by atoms with E-state index in [9.17, 15) is 22.9 Å². The number of nitro groups is 1. The lowest BCUT2D eigenvalue weighted by atomic mass is 9.97. The first-order chi connectivity index (χ1) is 15.1. The number of hydrogen-bond acceptors (Lipinski definition) is 7. The summed E-state index contributed by atoms with van der Waals surface area (Å²) in [5, 5.41) is 14.6. The minimum atomic E-state index is -4.01. The number of ether oxygens (including phenoxy) is 1. The number of aromatic nitrogens is 1. The van der Waals surface area contributed by atoms with Gasteiger partial charge in [0, 0.05) is 37.4 Å². The van der Waals surface area contributed by atoms with Crippen molar-refractivity contribution in [3.8, 4) is 0 Å². The van der Waals surface area contributed by atoms with Gasteiger partial charge in [-0.2, -0.15) is 0 Å². The Morgan fingerprint density at radius 1 is 1.38 bits per heavy atom. The van der Waals surface area contributed by atoms with Crippen molar-refractivity contribution in [1.29, 1.82) is 0 Å². The summed E-state index contributed by atoms with van der Waals surface area (Å²) in [4.78, 5) is 14.7. The number of pyridine rings is 1. The van der Waals surface area contributed by atoms with Gasteiger partial charge in [-0.25, -0.2) is 17.5 Å². The Bertz CT molecular complexity index is 1110. The van der Waals surface area contributed by atoms with E-state index in [2.05, 4.69) is 15.0 Å². The quantitative estimate of drug-likeness (QED) is 0.385. The number of nitrogens with zero attached hydrogens (tertiary/aromatic N) is 2. The molecule has 1 aliphatic rings. The highest BCUT2D eigenvalue weighted by Gasteiger charge is 2.46. The summed E-state index contributed by atoms with van der Waals surface area (Å²) in [6, 6.07) is 3.86. The van der Waals surface area contributed by atoms with Crippen molar-refractivity contribution in [1.82, 2.24) is 9.71 Å². The Morgan fingerprint density at radius 2 is 2.09 bits per heavy atom. The first-order valence-corrected chi connectivity index (χ1v) is 11.8. The van der Waals surface area contributed by atoms with Gasteiger partial charge in [0.1, 0.15) is 11.5 Å². The Hall–Kier alpha value is -2.63. The number of sulfonamides is 1. The SMILES string of the molecule is CC[C@@H](COC)Nc1cc(S(=O)(=O)NCC2(c3ccncc3F)CC2)c(C)cc1[N+](=O)[O-]. The Morgan fingerprint density at radius 3 is 2.66 bits per heavy atom. The number of rotatable bonds is 11. The van der Waals surface area contributed by atoms with Crippen LogP contribution in [0.4, 0.5) is 15.8 Å². The molecule has 1 saturated carbocycles. The van der Waals surface area contributed by atoms with E-state index in [-0.39, 0.29) is 34.4 Å². The van der Waals surface area contributed by atoms with Crippen molar-refractivity contribution >= 4 is 21.4 Å². The molecule has 0 spiro atoms. The highest BCUT2D eigenvalue weighted by atomic mass is 32.2. The van der Waals surface area contributed by atoms with Gasteiger partial charge >= 0.3 is 0 Å². The number of hydrogen-bond donors (Lipinski definition) is 2. The molecule has 3 rings (SSSR count). The van der Waals surface area contributed by atoms with Crippen molar-refractivity contribution in [2.45, 2.75) is 49.5 Å². The Labute approximate surface area is 186 Å². The molecule has 1 heterocycles. The Balaban J connectivity index is 1.89. The maximum Gasteiger partial charge on any atom is 0.292 e. The van der Waals surface area contributed by atoms with Gasteiger partial charge in [-0.05, 0) is 49.4 Å². The summed E-state index contributed by atoms with van der Waals surface area (Å²) in [5.41, 5.74) is -0.0423. The topological polar surface area (TPSA) is 123 Å². The molecule has 9 nitrogen and oxygen atoms in total.